The van der Waals surface area contributed by atoms with Crippen molar-refractivity contribution in [3.05, 3.63) is 82.9 Å². The van der Waals surface area contributed by atoms with Gasteiger partial charge in [0, 0.05) is 42.6 Å². The lowest BCUT2D eigenvalue weighted by molar-refractivity contribution is -0.115. The molecule has 5 rings (SSSR count). The van der Waals surface area contributed by atoms with Crippen LogP contribution in [0.25, 0.3) is 11.1 Å². The number of hydrogen-bond acceptors (Lipinski definition) is 6. The van der Waals surface area contributed by atoms with Gasteiger partial charge in [0.15, 0.2) is 0 Å². The molecule has 3 aromatic rings. The molecule has 9 heteroatoms. The normalized spacial score (nSPS) is 18.6. The summed E-state index contributed by atoms with van der Waals surface area (Å²) in [7, 11) is 0. The number of amides is 1. The number of rotatable bonds is 6. The van der Waals surface area contributed by atoms with Crippen molar-refractivity contribution in [2.75, 3.05) is 37.0 Å². The number of carbonyl (C=O) groups is 2. The topological polar surface area (TPSA) is 83.0 Å². The summed E-state index contributed by atoms with van der Waals surface area (Å²) in [5.74, 6) is -1.18. The molecular formula is C27H26FN3O4S. The summed E-state index contributed by atoms with van der Waals surface area (Å²) in [6, 6.07) is 13.1. The maximum Gasteiger partial charge on any atom is 0.336 e. The molecule has 0 bridgehead atoms. The lowest BCUT2D eigenvalue weighted by Gasteiger charge is -2.29. The fourth-order valence-corrected chi connectivity index (χ4v) is 5.98. The van der Waals surface area contributed by atoms with Gasteiger partial charge in [-0.05, 0) is 48.4 Å². The average Bonchev–Trinajstić information content (AvgIpc) is 3.26. The molecule has 1 amide bonds. The molecule has 2 aliphatic heterocycles. The van der Waals surface area contributed by atoms with Crippen LogP contribution in [0.3, 0.4) is 0 Å². The molecule has 0 aliphatic carbocycles. The van der Waals surface area contributed by atoms with Crippen LogP contribution in [0.2, 0.25) is 0 Å². The number of nitrogens with zero attached hydrogens (tertiary/aromatic N) is 3. The van der Waals surface area contributed by atoms with Gasteiger partial charge in [0.05, 0.1) is 30.2 Å². The van der Waals surface area contributed by atoms with E-state index in [9.17, 15) is 19.1 Å². The Labute approximate surface area is 212 Å². The summed E-state index contributed by atoms with van der Waals surface area (Å²) < 4.78 is 19.0. The maximum absolute atomic E-state index is 13.5. The van der Waals surface area contributed by atoms with Crippen molar-refractivity contribution < 1.29 is 23.8 Å². The zero-order valence-corrected chi connectivity index (χ0v) is 20.6. The average molecular weight is 508 g/mol. The molecule has 0 radical (unpaired) electrons. The fraction of sp³-hybridized carbons (Fsp3) is 0.296. The van der Waals surface area contributed by atoms with Gasteiger partial charge in [0.25, 0.3) is 0 Å². The van der Waals surface area contributed by atoms with Gasteiger partial charge in [-0.25, -0.2) is 9.18 Å². The number of carboxylic acid groups (broad SMARTS) is 1. The third-order valence-corrected chi connectivity index (χ3v) is 7.80. The first kappa shape index (κ1) is 24.4. The van der Waals surface area contributed by atoms with Gasteiger partial charge >= 0.3 is 5.97 Å². The number of pyridine rings is 1. The van der Waals surface area contributed by atoms with E-state index in [1.54, 1.807) is 41.4 Å². The molecule has 0 spiro atoms. The molecule has 1 N–H and O–H groups in total. The number of aromatic carboxylic acids is 1. The van der Waals surface area contributed by atoms with Gasteiger partial charge in [-0.2, -0.15) is 0 Å². The van der Waals surface area contributed by atoms with Crippen LogP contribution < -0.4 is 4.90 Å². The minimum atomic E-state index is -1.04. The smallest absolute Gasteiger partial charge is 0.336 e. The number of aromatic nitrogens is 1. The third-order valence-electron chi connectivity index (χ3n) is 6.59. The summed E-state index contributed by atoms with van der Waals surface area (Å²) in [5.41, 5.74) is 4.36. The van der Waals surface area contributed by atoms with E-state index in [1.165, 1.54) is 23.9 Å². The summed E-state index contributed by atoms with van der Waals surface area (Å²) in [4.78, 5) is 33.9. The Morgan fingerprint density at radius 1 is 1.17 bits per heavy atom. The zero-order valence-electron chi connectivity index (χ0n) is 19.8. The van der Waals surface area contributed by atoms with E-state index >= 15 is 0 Å². The first-order valence-corrected chi connectivity index (χ1v) is 12.8. The number of carboxylic acids is 1. The zero-order chi connectivity index (χ0) is 25.2. The monoisotopic (exact) mass is 507 g/mol. The number of hydrogen-bond donors (Lipinski definition) is 1. The van der Waals surface area contributed by atoms with E-state index in [0.717, 1.165) is 29.9 Å². The first-order valence-electron chi connectivity index (χ1n) is 11.7. The van der Waals surface area contributed by atoms with Crippen molar-refractivity contribution in [2.45, 2.75) is 18.8 Å². The first-order chi connectivity index (χ1) is 17.4. The lowest BCUT2D eigenvalue weighted by atomic mass is 9.91. The van der Waals surface area contributed by atoms with Crippen LogP contribution in [-0.2, 0) is 16.1 Å². The van der Waals surface area contributed by atoms with E-state index in [4.69, 9.17) is 4.74 Å². The SMILES string of the molecule is Cc1c(N2C(=O)CSC2c2ccc(F)cc2)ccc(C(=O)O)c1-c1cccnc1CN1CCOCC1. The van der Waals surface area contributed by atoms with Crippen LogP contribution >= 0.6 is 11.8 Å². The number of thioether (sulfide) groups is 1. The maximum atomic E-state index is 13.5. The van der Waals surface area contributed by atoms with Crippen molar-refractivity contribution in [3.63, 3.8) is 0 Å². The molecule has 7 nitrogen and oxygen atoms in total. The minimum absolute atomic E-state index is 0.0776. The predicted octanol–water partition coefficient (Wildman–Crippen LogP) is 4.51. The Morgan fingerprint density at radius 2 is 1.92 bits per heavy atom. The largest absolute Gasteiger partial charge is 0.478 e. The number of benzene rings is 2. The summed E-state index contributed by atoms with van der Waals surface area (Å²) >= 11 is 1.47. The van der Waals surface area contributed by atoms with Crippen molar-refractivity contribution in [3.8, 4) is 11.1 Å². The predicted molar refractivity (Wildman–Crippen MR) is 137 cm³/mol. The summed E-state index contributed by atoms with van der Waals surface area (Å²) in [6.07, 6.45) is 1.71. The van der Waals surface area contributed by atoms with E-state index in [1.807, 2.05) is 13.0 Å². The molecule has 1 aromatic heterocycles. The Hall–Kier alpha value is -3.27. The Balaban J connectivity index is 1.61. The van der Waals surface area contributed by atoms with E-state index in [-0.39, 0.29) is 28.4 Å². The van der Waals surface area contributed by atoms with Crippen LogP contribution in [-0.4, -0.2) is 58.9 Å². The summed E-state index contributed by atoms with van der Waals surface area (Å²) in [5, 5.41) is 9.73. The van der Waals surface area contributed by atoms with Crippen molar-refractivity contribution in [2.24, 2.45) is 0 Å². The molecule has 2 saturated heterocycles. The van der Waals surface area contributed by atoms with Gasteiger partial charge in [0.2, 0.25) is 5.91 Å². The second-order valence-electron chi connectivity index (χ2n) is 8.80. The number of morpholine rings is 1. The third kappa shape index (κ3) is 4.74. The number of anilines is 1. The lowest BCUT2D eigenvalue weighted by Crippen LogP contribution is -2.36. The molecule has 0 saturated carbocycles. The highest BCUT2D eigenvalue weighted by Gasteiger charge is 2.36. The Kier molecular flexibility index (Phi) is 7.04. The van der Waals surface area contributed by atoms with Crippen LogP contribution in [0.4, 0.5) is 10.1 Å². The molecule has 1 unspecified atom stereocenters. The van der Waals surface area contributed by atoms with Crippen molar-refractivity contribution >= 4 is 29.3 Å². The van der Waals surface area contributed by atoms with Crippen LogP contribution in [0.1, 0.15) is 32.6 Å². The molecule has 36 heavy (non-hydrogen) atoms. The molecule has 1 atom stereocenters. The van der Waals surface area contributed by atoms with Crippen LogP contribution in [0.5, 0.6) is 0 Å². The molecule has 2 fully saturated rings. The highest BCUT2D eigenvalue weighted by atomic mass is 32.2. The van der Waals surface area contributed by atoms with Gasteiger partial charge in [0.1, 0.15) is 11.2 Å². The molecule has 3 heterocycles. The second kappa shape index (κ2) is 10.4. The van der Waals surface area contributed by atoms with Crippen molar-refractivity contribution in [1.82, 2.24) is 9.88 Å². The highest BCUT2D eigenvalue weighted by Crippen LogP contribution is 2.45. The van der Waals surface area contributed by atoms with Crippen LogP contribution in [0, 0.1) is 12.7 Å². The van der Waals surface area contributed by atoms with E-state index in [2.05, 4.69) is 9.88 Å². The quantitative estimate of drug-likeness (QED) is 0.526. The minimum Gasteiger partial charge on any atom is -0.478 e. The fourth-order valence-electron chi connectivity index (χ4n) is 4.81. The number of carbonyl (C=O) groups excluding carboxylic acids is 1. The summed E-state index contributed by atoms with van der Waals surface area (Å²) in [6.45, 7) is 5.27. The Bertz CT molecular complexity index is 1290. The number of halogens is 1. The van der Waals surface area contributed by atoms with Gasteiger partial charge in [-0.3, -0.25) is 19.6 Å². The Morgan fingerprint density at radius 3 is 2.64 bits per heavy atom. The van der Waals surface area contributed by atoms with Gasteiger partial charge in [-0.1, -0.05) is 18.2 Å². The standard InChI is InChI=1S/C27H26FN3O4S/c1-17-23(31-24(32)16-36-26(31)18-4-6-19(28)7-5-18)9-8-21(27(33)34)25(17)20-3-2-10-29-22(20)15-30-11-13-35-14-12-30/h2-10,26H,11-16H2,1H3,(H,33,34). The van der Waals surface area contributed by atoms with Gasteiger partial charge < -0.3 is 9.84 Å². The van der Waals surface area contributed by atoms with Crippen LogP contribution in [0.15, 0.2) is 54.7 Å². The second-order valence-corrected chi connectivity index (χ2v) is 9.87. The van der Waals surface area contributed by atoms with Crippen molar-refractivity contribution in [1.29, 1.82) is 0 Å². The van der Waals surface area contributed by atoms with Gasteiger partial charge in [-0.15, -0.1) is 11.8 Å². The van der Waals surface area contributed by atoms with E-state index in [0.29, 0.717) is 36.6 Å². The highest BCUT2D eigenvalue weighted by molar-refractivity contribution is 8.00. The molecular weight excluding hydrogens is 481 g/mol. The molecule has 2 aliphatic rings. The van der Waals surface area contributed by atoms with E-state index < -0.39 is 5.97 Å². The molecule has 186 valence electrons. The molecule has 2 aromatic carbocycles. The number of ether oxygens (including phenoxy) is 1.